The van der Waals surface area contributed by atoms with Crippen LogP contribution in [-0.4, -0.2) is 37.9 Å². The van der Waals surface area contributed by atoms with Crippen LogP contribution in [0.4, 0.5) is 0 Å². The number of carbonyl (C=O) groups excluding carboxylic acids is 3. The number of hydrogen-bond acceptors (Lipinski definition) is 5. The average Bonchev–Trinajstić information content (AvgIpc) is 2.51. The third-order valence-electron chi connectivity index (χ3n) is 2.73. The summed E-state index contributed by atoms with van der Waals surface area (Å²) in [7, 11) is 1.55. The minimum Gasteiger partial charge on any atom is -0.497 e. The van der Waals surface area contributed by atoms with Crippen LogP contribution in [-0.2, 0) is 14.3 Å². The molecule has 0 aliphatic carbocycles. The summed E-state index contributed by atoms with van der Waals surface area (Å²) >= 11 is 0. The molecule has 0 saturated heterocycles. The van der Waals surface area contributed by atoms with Crippen LogP contribution in [0.1, 0.15) is 30.1 Å². The minimum atomic E-state index is -0.493. The predicted molar refractivity (Wildman–Crippen MR) is 76.2 cm³/mol. The van der Waals surface area contributed by atoms with Crippen LogP contribution in [0.3, 0.4) is 0 Å². The largest absolute Gasteiger partial charge is 0.497 e. The van der Waals surface area contributed by atoms with Crippen molar-refractivity contribution < 1.29 is 23.9 Å². The first-order valence-electron chi connectivity index (χ1n) is 6.66. The zero-order valence-electron chi connectivity index (χ0n) is 12.2. The summed E-state index contributed by atoms with van der Waals surface area (Å²) < 4.78 is 9.68. The molecule has 1 N–H and O–H groups in total. The maximum absolute atomic E-state index is 11.9. The van der Waals surface area contributed by atoms with Crippen molar-refractivity contribution in [1.82, 2.24) is 5.32 Å². The standard InChI is InChI=1S/C15H19NO5/c1-3-21-15(19)10-16-14(18)9-8-13(17)11-4-6-12(20-2)7-5-11/h4-7H,3,8-10H2,1-2H3,(H,16,18). The van der Waals surface area contributed by atoms with Crippen molar-refractivity contribution in [3.8, 4) is 5.75 Å². The second-order valence-electron chi connectivity index (χ2n) is 4.23. The number of ketones is 1. The van der Waals surface area contributed by atoms with Crippen molar-refractivity contribution in [2.45, 2.75) is 19.8 Å². The van der Waals surface area contributed by atoms with Crippen LogP contribution in [0, 0.1) is 0 Å². The average molecular weight is 293 g/mol. The molecular weight excluding hydrogens is 274 g/mol. The molecule has 1 aromatic carbocycles. The summed E-state index contributed by atoms with van der Waals surface area (Å²) in [5.41, 5.74) is 0.522. The van der Waals surface area contributed by atoms with Gasteiger partial charge in [-0.2, -0.15) is 0 Å². The van der Waals surface area contributed by atoms with Crippen molar-refractivity contribution in [3.05, 3.63) is 29.8 Å². The van der Waals surface area contributed by atoms with E-state index in [2.05, 4.69) is 10.1 Å². The number of benzene rings is 1. The van der Waals surface area contributed by atoms with E-state index in [-0.39, 0.29) is 37.7 Å². The summed E-state index contributed by atoms with van der Waals surface area (Å²) in [6.07, 6.45) is 0.116. The lowest BCUT2D eigenvalue weighted by atomic mass is 10.1. The first kappa shape index (κ1) is 16.7. The molecule has 0 atom stereocenters. The van der Waals surface area contributed by atoms with Gasteiger partial charge < -0.3 is 14.8 Å². The van der Waals surface area contributed by atoms with Crippen molar-refractivity contribution in [2.24, 2.45) is 0 Å². The van der Waals surface area contributed by atoms with Gasteiger partial charge in [-0.15, -0.1) is 0 Å². The Labute approximate surface area is 123 Å². The first-order valence-corrected chi connectivity index (χ1v) is 6.66. The van der Waals surface area contributed by atoms with E-state index in [0.29, 0.717) is 11.3 Å². The van der Waals surface area contributed by atoms with Gasteiger partial charge in [-0.25, -0.2) is 0 Å². The van der Waals surface area contributed by atoms with Crippen LogP contribution < -0.4 is 10.1 Å². The fourth-order valence-electron chi connectivity index (χ4n) is 1.62. The summed E-state index contributed by atoms with van der Waals surface area (Å²) in [6.45, 7) is 1.78. The Morgan fingerprint density at radius 2 is 1.76 bits per heavy atom. The molecule has 1 amide bonds. The third kappa shape index (κ3) is 6.07. The number of esters is 1. The molecule has 0 aliphatic heterocycles. The van der Waals surface area contributed by atoms with Crippen LogP contribution in [0.25, 0.3) is 0 Å². The van der Waals surface area contributed by atoms with E-state index in [1.54, 1.807) is 38.3 Å². The van der Waals surface area contributed by atoms with Gasteiger partial charge in [0.1, 0.15) is 12.3 Å². The number of Topliss-reactive ketones (excluding diaryl/α,β-unsaturated/α-hetero) is 1. The van der Waals surface area contributed by atoms with E-state index in [1.165, 1.54) is 0 Å². The molecule has 21 heavy (non-hydrogen) atoms. The highest BCUT2D eigenvalue weighted by Gasteiger charge is 2.10. The van der Waals surface area contributed by atoms with Crippen LogP contribution in [0.15, 0.2) is 24.3 Å². The van der Waals surface area contributed by atoms with Gasteiger partial charge >= 0.3 is 5.97 Å². The summed E-state index contributed by atoms with van der Waals surface area (Å²) in [5.74, 6) is -0.320. The minimum absolute atomic E-state index is 0.0320. The molecule has 0 unspecified atom stereocenters. The van der Waals surface area contributed by atoms with Gasteiger partial charge in [0.15, 0.2) is 5.78 Å². The van der Waals surface area contributed by atoms with E-state index >= 15 is 0 Å². The zero-order valence-corrected chi connectivity index (χ0v) is 12.2. The number of carbonyl (C=O) groups is 3. The lowest BCUT2D eigenvalue weighted by Gasteiger charge is -2.05. The number of methoxy groups -OCH3 is 1. The first-order chi connectivity index (χ1) is 10.1. The number of ether oxygens (including phenoxy) is 2. The fourth-order valence-corrected chi connectivity index (χ4v) is 1.62. The smallest absolute Gasteiger partial charge is 0.325 e. The van der Waals surface area contributed by atoms with Crippen molar-refractivity contribution in [2.75, 3.05) is 20.3 Å². The van der Waals surface area contributed by atoms with E-state index in [4.69, 9.17) is 4.74 Å². The molecule has 0 radical (unpaired) electrons. The van der Waals surface area contributed by atoms with Gasteiger partial charge in [0.2, 0.25) is 5.91 Å². The van der Waals surface area contributed by atoms with Gasteiger partial charge in [0.05, 0.1) is 13.7 Å². The number of nitrogens with one attached hydrogen (secondary N) is 1. The Bertz CT molecular complexity index is 495. The quantitative estimate of drug-likeness (QED) is 0.578. The Kier molecular flexibility index (Phi) is 6.94. The molecule has 0 aromatic heterocycles. The Hall–Kier alpha value is -2.37. The molecular formula is C15H19NO5. The van der Waals surface area contributed by atoms with E-state index in [1.807, 2.05) is 0 Å². The lowest BCUT2D eigenvalue weighted by molar-refractivity contribution is -0.143. The SMILES string of the molecule is CCOC(=O)CNC(=O)CCC(=O)c1ccc(OC)cc1. The second kappa shape index (κ2) is 8.73. The summed E-state index contributed by atoms with van der Waals surface area (Å²) in [4.78, 5) is 34.4. The van der Waals surface area contributed by atoms with Crippen molar-refractivity contribution in [1.29, 1.82) is 0 Å². The number of hydrogen-bond donors (Lipinski definition) is 1. The number of rotatable bonds is 8. The Balaban J connectivity index is 2.34. The highest BCUT2D eigenvalue weighted by Crippen LogP contribution is 2.13. The molecule has 1 aromatic rings. The molecule has 0 spiro atoms. The monoisotopic (exact) mass is 293 g/mol. The lowest BCUT2D eigenvalue weighted by Crippen LogP contribution is -2.30. The van der Waals surface area contributed by atoms with Crippen LogP contribution >= 0.6 is 0 Å². The second-order valence-corrected chi connectivity index (χ2v) is 4.23. The van der Waals surface area contributed by atoms with Crippen LogP contribution in [0.5, 0.6) is 5.75 Å². The molecule has 0 heterocycles. The predicted octanol–water partition coefficient (Wildman–Crippen LogP) is 1.34. The van der Waals surface area contributed by atoms with Gasteiger partial charge in [0.25, 0.3) is 0 Å². The summed E-state index contributed by atoms with van der Waals surface area (Å²) in [5, 5.41) is 2.41. The maximum atomic E-state index is 11.9. The van der Waals surface area contributed by atoms with E-state index < -0.39 is 5.97 Å². The topological polar surface area (TPSA) is 81.7 Å². The van der Waals surface area contributed by atoms with Gasteiger partial charge in [-0.05, 0) is 31.2 Å². The van der Waals surface area contributed by atoms with Crippen molar-refractivity contribution in [3.63, 3.8) is 0 Å². The molecule has 0 fully saturated rings. The maximum Gasteiger partial charge on any atom is 0.325 e. The molecule has 0 aliphatic rings. The molecule has 114 valence electrons. The van der Waals surface area contributed by atoms with Gasteiger partial charge in [-0.3, -0.25) is 14.4 Å². The molecule has 6 nitrogen and oxygen atoms in total. The van der Waals surface area contributed by atoms with E-state index in [9.17, 15) is 14.4 Å². The Morgan fingerprint density at radius 3 is 2.33 bits per heavy atom. The third-order valence-corrected chi connectivity index (χ3v) is 2.73. The van der Waals surface area contributed by atoms with Gasteiger partial charge in [-0.1, -0.05) is 0 Å². The van der Waals surface area contributed by atoms with Gasteiger partial charge in [0, 0.05) is 18.4 Å². The Morgan fingerprint density at radius 1 is 1.10 bits per heavy atom. The van der Waals surface area contributed by atoms with E-state index in [0.717, 1.165) is 0 Å². The van der Waals surface area contributed by atoms with Crippen molar-refractivity contribution >= 4 is 17.7 Å². The highest BCUT2D eigenvalue weighted by molar-refractivity contribution is 5.98. The summed E-state index contributed by atoms with van der Waals surface area (Å²) in [6, 6.07) is 6.68. The molecule has 0 bridgehead atoms. The fraction of sp³-hybridized carbons (Fsp3) is 0.400. The number of amides is 1. The molecule has 0 saturated carbocycles. The normalized spacial score (nSPS) is 9.81. The highest BCUT2D eigenvalue weighted by atomic mass is 16.5. The molecule has 6 heteroatoms. The zero-order chi connectivity index (χ0) is 15.7. The van der Waals surface area contributed by atoms with Crippen LogP contribution in [0.2, 0.25) is 0 Å². The molecule has 1 rings (SSSR count).